The van der Waals surface area contributed by atoms with Crippen LogP contribution in [-0.4, -0.2) is 33.9 Å². The van der Waals surface area contributed by atoms with Crippen molar-refractivity contribution in [1.29, 1.82) is 0 Å². The zero-order chi connectivity index (χ0) is 11.6. The molecule has 0 unspecified atom stereocenters. The molecular formula is C9H16N2O2S2. The molecule has 0 aromatic carbocycles. The van der Waals surface area contributed by atoms with Gasteiger partial charge < -0.3 is 5.32 Å². The first kappa shape index (κ1) is 12.6. The van der Waals surface area contributed by atoms with Gasteiger partial charge in [-0.1, -0.05) is 0 Å². The second-order valence-corrected chi connectivity index (χ2v) is 7.00. The molecule has 1 aromatic rings. The van der Waals surface area contributed by atoms with Gasteiger partial charge in [-0.15, -0.1) is 11.3 Å². The molecule has 1 rings (SSSR count). The van der Waals surface area contributed by atoms with Crippen molar-refractivity contribution in [3.8, 4) is 0 Å². The Hall–Kier alpha value is -0.430. The Morgan fingerprint density at radius 3 is 2.53 bits per heavy atom. The van der Waals surface area contributed by atoms with E-state index in [0.717, 1.165) is 10.4 Å². The van der Waals surface area contributed by atoms with Crippen LogP contribution in [0.3, 0.4) is 0 Å². The van der Waals surface area contributed by atoms with Crippen molar-refractivity contribution in [3.05, 3.63) is 16.5 Å². The predicted octanol–water partition coefficient (Wildman–Crippen LogP) is 1.03. The summed E-state index contributed by atoms with van der Waals surface area (Å²) in [5, 5.41) is 3.02. The van der Waals surface area contributed by atoms with E-state index in [4.69, 9.17) is 0 Å². The monoisotopic (exact) mass is 248 g/mol. The van der Waals surface area contributed by atoms with E-state index >= 15 is 0 Å². The minimum atomic E-state index is -3.27. The Labute approximate surface area is 95.0 Å². The summed E-state index contributed by atoms with van der Waals surface area (Å²) in [6, 6.07) is 1.73. The Bertz CT molecular complexity index is 435. The Kier molecular flexibility index (Phi) is 3.88. The molecule has 0 aliphatic rings. The Morgan fingerprint density at radius 2 is 2.07 bits per heavy atom. The number of rotatable bonds is 4. The van der Waals surface area contributed by atoms with E-state index in [1.54, 1.807) is 20.2 Å². The second-order valence-electron chi connectivity index (χ2n) is 3.49. The molecule has 0 radical (unpaired) electrons. The summed E-state index contributed by atoms with van der Waals surface area (Å²) in [5.41, 5.74) is 1.02. The number of sulfonamides is 1. The molecule has 15 heavy (non-hydrogen) atoms. The van der Waals surface area contributed by atoms with E-state index in [0.29, 0.717) is 10.8 Å². The molecule has 0 atom stereocenters. The summed E-state index contributed by atoms with van der Waals surface area (Å²) in [6.07, 6.45) is 0. The lowest BCUT2D eigenvalue weighted by Gasteiger charge is -2.08. The van der Waals surface area contributed by atoms with Crippen molar-refractivity contribution >= 4 is 21.4 Å². The fraction of sp³-hybridized carbons (Fsp3) is 0.556. The maximum Gasteiger partial charge on any atom is 0.252 e. The Balaban J connectivity index is 3.13. The molecule has 86 valence electrons. The van der Waals surface area contributed by atoms with Crippen molar-refractivity contribution in [2.45, 2.75) is 17.7 Å². The van der Waals surface area contributed by atoms with Gasteiger partial charge in [-0.3, -0.25) is 0 Å². The van der Waals surface area contributed by atoms with Crippen LogP contribution in [0.25, 0.3) is 0 Å². The number of nitrogens with one attached hydrogen (secondary N) is 1. The molecule has 6 heteroatoms. The zero-order valence-electron chi connectivity index (χ0n) is 9.36. The normalized spacial score (nSPS) is 12.3. The van der Waals surface area contributed by atoms with Gasteiger partial charge in [0.25, 0.3) is 10.0 Å². The highest BCUT2D eigenvalue weighted by Crippen LogP contribution is 2.27. The van der Waals surface area contributed by atoms with E-state index in [2.05, 4.69) is 5.32 Å². The van der Waals surface area contributed by atoms with Crippen LogP contribution >= 0.6 is 11.3 Å². The number of aryl methyl sites for hydroxylation is 1. The third-order valence-electron chi connectivity index (χ3n) is 2.07. The van der Waals surface area contributed by atoms with Gasteiger partial charge in [0.2, 0.25) is 0 Å². The minimum Gasteiger partial charge on any atom is -0.315 e. The molecule has 0 saturated heterocycles. The highest BCUT2D eigenvalue weighted by molar-refractivity contribution is 7.91. The molecule has 1 heterocycles. The van der Waals surface area contributed by atoms with Crippen LogP contribution in [0.1, 0.15) is 10.4 Å². The van der Waals surface area contributed by atoms with E-state index in [1.807, 2.05) is 14.0 Å². The van der Waals surface area contributed by atoms with Crippen LogP contribution in [0.2, 0.25) is 0 Å². The lowest BCUT2D eigenvalue weighted by molar-refractivity contribution is 0.523. The molecule has 0 amide bonds. The standard InChI is InChI=1S/C9H16N2O2S2/c1-7-5-9(14-8(7)6-10-2)15(12,13)11(3)4/h5,10H,6H2,1-4H3. The van der Waals surface area contributed by atoms with E-state index in [-0.39, 0.29) is 0 Å². The van der Waals surface area contributed by atoms with Crippen LogP contribution in [-0.2, 0) is 16.6 Å². The number of thiophene rings is 1. The van der Waals surface area contributed by atoms with Crippen LogP contribution < -0.4 is 5.32 Å². The van der Waals surface area contributed by atoms with Crippen LogP contribution in [0.15, 0.2) is 10.3 Å². The summed E-state index contributed by atoms with van der Waals surface area (Å²) in [5.74, 6) is 0. The molecule has 0 aliphatic carbocycles. The average Bonchev–Trinajstić information content (AvgIpc) is 2.49. The second kappa shape index (κ2) is 4.61. The predicted molar refractivity (Wildman–Crippen MR) is 62.7 cm³/mol. The molecule has 0 spiro atoms. The summed E-state index contributed by atoms with van der Waals surface area (Å²) >= 11 is 1.33. The maximum absolute atomic E-state index is 11.8. The summed E-state index contributed by atoms with van der Waals surface area (Å²) < 4.78 is 25.3. The van der Waals surface area contributed by atoms with Gasteiger partial charge in [-0.05, 0) is 25.6 Å². The van der Waals surface area contributed by atoms with Crippen LogP contribution in [0, 0.1) is 6.92 Å². The molecule has 1 aromatic heterocycles. The van der Waals surface area contributed by atoms with Gasteiger partial charge in [0.05, 0.1) is 0 Å². The largest absolute Gasteiger partial charge is 0.315 e. The molecule has 0 aliphatic heterocycles. The molecule has 0 bridgehead atoms. The Morgan fingerprint density at radius 1 is 1.47 bits per heavy atom. The van der Waals surface area contributed by atoms with Gasteiger partial charge in [-0.25, -0.2) is 12.7 Å². The van der Waals surface area contributed by atoms with Crippen molar-refractivity contribution in [2.75, 3.05) is 21.1 Å². The first-order chi connectivity index (χ1) is 6.89. The summed E-state index contributed by atoms with van der Waals surface area (Å²) in [4.78, 5) is 1.07. The molecule has 0 saturated carbocycles. The minimum absolute atomic E-state index is 0.412. The van der Waals surface area contributed by atoms with Crippen molar-refractivity contribution in [3.63, 3.8) is 0 Å². The fourth-order valence-corrected chi connectivity index (χ4v) is 3.90. The quantitative estimate of drug-likeness (QED) is 0.865. The summed E-state index contributed by atoms with van der Waals surface area (Å²) in [6.45, 7) is 2.64. The highest BCUT2D eigenvalue weighted by atomic mass is 32.2. The number of nitrogens with zero attached hydrogens (tertiary/aromatic N) is 1. The molecule has 1 N–H and O–H groups in total. The number of hydrogen-bond donors (Lipinski definition) is 1. The third kappa shape index (κ3) is 2.57. The van der Waals surface area contributed by atoms with Crippen molar-refractivity contribution < 1.29 is 8.42 Å². The van der Waals surface area contributed by atoms with E-state index in [9.17, 15) is 8.42 Å². The van der Waals surface area contributed by atoms with Gasteiger partial charge in [0.1, 0.15) is 4.21 Å². The van der Waals surface area contributed by atoms with E-state index < -0.39 is 10.0 Å². The van der Waals surface area contributed by atoms with E-state index in [1.165, 1.54) is 15.6 Å². The topological polar surface area (TPSA) is 49.4 Å². The smallest absolute Gasteiger partial charge is 0.252 e. The lowest BCUT2D eigenvalue weighted by atomic mass is 10.3. The average molecular weight is 248 g/mol. The van der Waals surface area contributed by atoms with Crippen molar-refractivity contribution in [1.82, 2.24) is 9.62 Å². The summed E-state index contributed by atoms with van der Waals surface area (Å²) in [7, 11) is 1.66. The zero-order valence-corrected chi connectivity index (χ0v) is 11.0. The van der Waals surface area contributed by atoms with Crippen LogP contribution in [0.4, 0.5) is 0 Å². The van der Waals surface area contributed by atoms with Gasteiger partial charge in [0, 0.05) is 25.5 Å². The first-order valence-corrected chi connectivity index (χ1v) is 6.81. The maximum atomic E-state index is 11.8. The SMILES string of the molecule is CNCc1sc(S(=O)(=O)N(C)C)cc1C. The lowest BCUT2D eigenvalue weighted by Crippen LogP contribution is -2.21. The first-order valence-electron chi connectivity index (χ1n) is 4.56. The van der Waals surface area contributed by atoms with Gasteiger partial charge in [-0.2, -0.15) is 0 Å². The van der Waals surface area contributed by atoms with Crippen LogP contribution in [0.5, 0.6) is 0 Å². The molecule has 0 fully saturated rings. The highest BCUT2D eigenvalue weighted by Gasteiger charge is 2.20. The van der Waals surface area contributed by atoms with Gasteiger partial charge >= 0.3 is 0 Å². The van der Waals surface area contributed by atoms with Gasteiger partial charge in [0.15, 0.2) is 0 Å². The molecular weight excluding hydrogens is 232 g/mol. The van der Waals surface area contributed by atoms with Crippen molar-refractivity contribution in [2.24, 2.45) is 0 Å². The molecule has 4 nitrogen and oxygen atoms in total. The fourth-order valence-electron chi connectivity index (χ4n) is 1.13. The third-order valence-corrected chi connectivity index (χ3v) is 5.57. The number of hydrogen-bond acceptors (Lipinski definition) is 4.